The second kappa shape index (κ2) is 4.97. The molecule has 1 amide bonds. The number of pyridine rings is 1. The fourth-order valence-electron chi connectivity index (χ4n) is 3.67. The highest BCUT2D eigenvalue weighted by molar-refractivity contribution is 5.82. The summed E-state index contributed by atoms with van der Waals surface area (Å²) in [5.41, 5.74) is 4.39. The number of furan rings is 1. The van der Waals surface area contributed by atoms with Crippen molar-refractivity contribution in [1.29, 1.82) is 0 Å². The Labute approximate surface area is 139 Å². The molecule has 2 aliphatic rings. The lowest BCUT2D eigenvalue weighted by molar-refractivity contribution is -0.137. The summed E-state index contributed by atoms with van der Waals surface area (Å²) < 4.78 is 7.22. The van der Waals surface area contributed by atoms with E-state index in [1.54, 1.807) is 12.5 Å². The molecule has 5 rings (SSSR count). The van der Waals surface area contributed by atoms with Crippen LogP contribution in [0, 0.1) is 11.8 Å². The largest absolute Gasteiger partial charge is 0.472 e. The van der Waals surface area contributed by atoms with Crippen molar-refractivity contribution in [3.63, 3.8) is 0 Å². The summed E-state index contributed by atoms with van der Waals surface area (Å²) in [4.78, 5) is 18.8. The molecule has 0 N–H and O–H groups in total. The lowest BCUT2D eigenvalue weighted by atomic mass is 9.94. The van der Waals surface area contributed by atoms with Crippen molar-refractivity contribution in [3.8, 4) is 11.1 Å². The fourth-order valence-corrected chi connectivity index (χ4v) is 3.67. The van der Waals surface area contributed by atoms with Gasteiger partial charge in [-0.15, -0.1) is 0 Å². The number of nitrogens with zero attached hydrogens (tertiary/aromatic N) is 3. The Hall–Kier alpha value is -2.56. The van der Waals surface area contributed by atoms with Gasteiger partial charge >= 0.3 is 0 Å². The molecule has 2 atom stereocenters. The summed E-state index contributed by atoms with van der Waals surface area (Å²) in [6.45, 7) is 3.76. The molecule has 5 heteroatoms. The molecule has 2 fully saturated rings. The van der Waals surface area contributed by atoms with Crippen molar-refractivity contribution in [1.82, 2.24) is 14.3 Å². The van der Waals surface area contributed by atoms with E-state index in [0.29, 0.717) is 17.7 Å². The van der Waals surface area contributed by atoms with Gasteiger partial charge in [-0.05, 0) is 24.5 Å². The van der Waals surface area contributed by atoms with E-state index in [2.05, 4.69) is 34.6 Å². The molecule has 0 aromatic carbocycles. The zero-order chi connectivity index (χ0) is 16.3. The van der Waals surface area contributed by atoms with Gasteiger partial charge in [0.2, 0.25) is 5.91 Å². The van der Waals surface area contributed by atoms with Crippen molar-refractivity contribution in [2.45, 2.75) is 19.3 Å². The van der Waals surface area contributed by atoms with E-state index in [0.717, 1.165) is 41.8 Å². The van der Waals surface area contributed by atoms with Crippen LogP contribution < -0.4 is 0 Å². The summed E-state index contributed by atoms with van der Waals surface area (Å²) in [6, 6.07) is 6.16. The van der Waals surface area contributed by atoms with Gasteiger partial charge < -0.3 is 13.7 Å². The molecule has 5 nitrogen and oxygen atoms in total. The highest BCUT2D eigenvalue weighted by Crippen LogP contribution is 2.41. The summed E-state index contributed by atoms with van der Waals surface area (Å²) in [5, 5.41) is 0. The molecular weight excluding hydrogens is 302 g/mol. The Morgan fingerprint density at radius 1 is 1.25 bits per heavy atom. The van der Waals surface area contributed by atoms with Gasteiger partial charge in [-0.1, -0.05) is 13.0 Å². The third kappa shape index (κ3) is 2.08. The van der Waals surface area contributed by atoms with E-state index in [-0.39, 0.29) is 5.92 Å². The van der Waals surface area contributed by atoms with Crippen molar-refractivity contribution in [2.24, 2.45) is 11.8 Å². The molecule has 0 bridgehead atoms. The molecule has 4 heterocycles. The Kier molecular flexibility index (Phi) is 2.86. The topological polar surface area (TPSA) is 50.8 Å². The lowest BCUT2D eigenvalue weighted by Crippen LogP contribution is -2.49. The molecule has 3 aromatic rings. The van der Waals surface area contributed by atoms with Crippen LogP contribution in [0.1, 0.15) is 25.0 Å². The second-order valence-corrected chi connectivity index (χ2v) is 7.11. The molecule has 1 saturated carbocycles. The standard InChI is InChI=1S/C19H19N3O2/c1-12-6-16(12)19(23)21-8-15(9-21)18-17-3-2-13(7-22(17)11-20-18)14-4-5-24-10-14/h2-5,7,10-12,15-16H,6,8-9H2,1H3. The Balaban J connectivity index is 1.36. The van der Waals surface area contributed by atoms with Gasteiger partial charge in [0.25, 0.3) is 0 Å². The monoisotopic (exact) mass is 321 g/mol. The number of amides is 1. The molecule has 122 valence electrons. The molecule has 1 saturated heterocycles. The van der Waals surface area contributed by atoms with Gasteiger partial charge in [0.1, 0.15) is 0 Å². The molecule has 0 spiro atoms. The third-order valence-electron chi connectivity index (χ3n) is 5.42. The number of likely N-dealkylation sites (tertiary alicyclic amines) is 1. The number of fused-ring (bicyclic) bond motifs is 1. The van der Waals surface area contributed by atoms with Gasteiger partial charge in [0.05, 0.1) is 30.1 Å². The average Bonchev–Trinajstić information content (AvgIpc) is 2.96. The zero-order valence-corrected chi connectivity index (χ0v) is 13.6. The van der Waals surface area contributed by atoms with Gasteiger partial charge in [-0.2, -0.15) is 0 Å². The number of hydrogen-bond acceptors (Lipinski definition) is 3. The van der Waals surface area contributed by atoms with E-state index >= 15 is 0 Å². The first kappa shape index (κ1) is 13.8. The van der Waals surface area contributed by atoms with Crippen LogP contribution in [0.15, 0.2) is 47.7 Å². The first-order valence-corrected chi connectivity index (χ1v) is 8.48. The molecule has 3 aromatic heterocycles. The molecule has 1 aliphatic carbocycles. The fraction of sp³-hybridized carbons (Fsp3) is 0.368. The van der Waals surface area contributed by atoms with Crippen LogP contribution in [0.5, 0.6) is 0 Å². The maximum atomic E-state index is 12.2. The van der Waals surface area contributed by atoms with E-state index in [1.807, 2.05) is 17.3 Å². The van der Waals surface area contributed by atoms with Crippen LogP contribution in [0.4, 0.5) is 0 Å². The SMILES string of the molecule is CC1CC1C(=O)N1CC(c2ncn3cc(-c4ccoc4)ccc23)C1. The first-order chi connectivity index (χ1) is 11.7. The number of carbonyl (C=O) groups excluding carboxylic acids is 1. The van der Waals surface area contributed by atoms with Gasteiger partial charge in [0, 0.05) is 42.2 Å². The number of carbonyl (C=O) groups is 1. The predicted octanol–water partition coefficient (Wildman–Crippen LogP) is 3.18. The van der Waals surface area contributed by atoms with Gasteiger partial charge in [0.15, 0.2) is 0 Å². The third-order valence-corrected chi connectivity index (χ3v) is 5.42. The molecule has 0 radical (unpaired) electrons. The van der Waals surface area contributed by atoms with Gasteiger partial charge in [-0.3, -0.25) is 4.79 Å². The highest BCUT2D eigenvalue weighted by Gasteiger charge is 2.45. The molecule has 24 heavy (non-hydrogen) atoms. The molecule has 1 aliphatic heterocycles. The quantitative estimate of drug-likeness (QED) is 0.744. The van der Waals surface area contributed by atoms with Crippen LogP contribution in [-0.2, 0) is 4.79 Å². The maximum absolute atomic E-state index is 12.2. The van der Waals surface area contributed by atoms with Crippen LogP contribution in [0.3, 0.4) is 0 Å². The van der Waals surface area contributed by atoms with Crippen molar-refractivity contribution >= 4 is 11.4 Å². The van der Waals surface area contributed by atoms with Crippen LogP contribution in [-0.4, -0.2) is 33.3 Å². The van der Waals surface area contributed by atoms with Crippen molar-refractivity contribution in [3.05, 3.63) is 48.9 Å². The Morgan fingerprint density at radius 3 is 2.79 bits per heavy atom. The minimum absolute atomic E-state index is 0.280. The summed E-state index contributed by atoms with van der Waals surface area (Å²) in [5.74, 6) is 1.55. The van der Waals surface area contributed by atoms with E-state index in [4.69, 9.17) is 4.42 Å². The first-order valence-electron chi connectivity index (χ1n) is 8.48. The average molecular weight is 321 g/mol. The summed E-state index contributed by atoms with van der Waals surface area (Å²) in [7, 11) is 0. The van der Waals surface area contributed by atoms with E-state index < -0.39 is 0 Å². The predicted molar refractivity (Wildman–Crippen MR) is 89.5 cm³/mol. The smallest absolute Gasteiger partial charge is 0.226 e. The number of rotatable bonds is 3. The van der Waals surface area contributed by atoms with E-state index in [9.17, 15) is 4.79 Å². The lowest BCUT2D eigenvalue weighted by Gasteiger charge is -2.39. The minimum atomic E-state index is 0.280. The van der Waals surface area contributed by atoms with Crippen molar-refractivity contribution < 1.29 is 9.21 Å². The minimum Gasteiger partial charge on any atom is -0.472 e. The van der Waals surface area contributed by atoms with Crippen LogP contribution >= 0.6 is 0 Å². The molecular formula is C19H19N3O2. The maximum Gasteiger partial charge on any atom is 0.226 e. The number of imidazole rings is 1. The van der Waals surface area contributed by atoms with E-state index in [1.165, 1.54) is 0 Å². The normalized spacial score (nSPS) is 23.5. The van der Waals surface area contributed by atoms with Gasteiger partial charge in [-0.25, -0.2) is 4.98 Å². The van der Waals surface area contributed by atoms with Crippen LogP contribution in [0.2, 0.25) is 0 Å². The van der Waals surface area contributed by atoms with Crippen molar-refractivity contribution in [2.75, 3.05) is 13.1 Å². The number of aromatic nitrogens is 2. The number of hydrogen-bond donors (Lipinski definition) is 0. The Morgan fingerprint density at radius 2 is 2.08 bits per heavy atom. The molecule has 2 unspecified atom stereocenters. The summed E-state index contributed by atoms with van der Waals surface area (Å²) >= 11 is 0. The van der Waals surface area contributed by atoms with Crippen LogP contribution in [0.25, 0.3) is 16.6 Å². The zero-order valence-electron chi connectivity index (χ0n) is 13.6. The summed E-state index contributed by atoms with van der Waals surface area (Å²) in [6.07, 6.45) is 8.42. The Bertz CT molecular complexity index is 906. The highest BCUT2D eigenvalue weighted by atomic mass is 16.3. The second-order valence-electron chi connectivity index (χ2n) is 7.11.